The Bertz CT molecular complexity index is 1500. The molecule has 1 aliphatic rings. The molecule has 4 rings (SSSR count). The van der Waals surface area contributed by atoms with Gasteiger partial charge in [0.25, 0.3) is 0 Å². The normalized spacial score (nSPS) is 14.1. The highest BCUT2D eigenvalue weighted by Crippen LogP contribution is 2.37. The van der Waals surface area contributed by atoms with E-state index in [0.717, 1.165) is 10.6 Å². The van der Waals surface area contributed by atoms with E-state index in [4.69, 9.17) is 14.2 Å². The molecule has 0 unspecified atom stereocenters. The fourth-order valence-electron chi connectivity index (χ4n) is 4.02. The maximum absolute atomic E-state index is 13.7. The van der Waals surface area contributed by atoms with Gasteiger partial charge in [0.2, 0.25) is 16.0 Å². The second-order valence-corrected chi connectivity index (χ2v) is 11.0. The number of esters is 1. The van der Waals surface area contributed by atoms with Crippen LogP contribution in [0.25, 0.3) is 17.0 Å². The third-order valence-electron chi connectivity index (χ3n) is 6.02. The predicted molar refractivity (Wildman–Crippen MR) is 141 cm³/mol. The van der Waals surface area contributed by atoms with Crippen molar-refractivity contribution >= 4 is 27.7 Å². The molecule has 200 valence electrons. The van der Waals surface area contributed by atoms with Gasteiger partial charge in [0.1, 0.15) is 17.3 Å². The third-order valence-corrected chi connectivity index (χ3v) is 7.18. The lowest BCUT2D eigenvalue weighted by molar-refractivity contribution is 0.0713. The van der Waals surface area contributed by atoms with Crippen LogP contribution in [0.4, 0.5) is 10.3 Å². The number of ether oxygens (including phenoxy) is 3. The minimum atomic E-state index is -3.62. The second kappa shape index (κ2) is 10.9. The molecule has 0 atom stereocenters. The highest BCUT2D eigenvalue weighted by molar-refractivity contribution is 7.92. The molecule has 0 radical (unpaired) electrons. The summed E-state index contributed by atoms with van der Waals surface area (Å²) in [6.45, 7) is 4.01. The van der Waals surface area contributed by atoms with E-state index in [1.54, 1.807) is 36.4 Å². The molecule has 1 aromatic heterocycles. The van der Waals surface area contributed by atoms with Crippen molar-refractivity contribution in [2.45, 2.75) is 26.4 Å². The van der Waals surface area contributed by atoms with Crippen LogP contribution in [0.5, 0.6) is 5.75 Å². The number of nitrogens with zero attached hydrogens (tertiary/aromatic N) is 3. The van der Waals surface area contributed by atoms with Gasteiger partial charge in [-0.1, -0.05) is 19.9 Å². The highest BCUT2D eigenvalue weighted by Gasteiger charge is 2.29. The van der Waals surface area contributed by atoms with E-state index >= 15 is 0 Å². The average molecular weight is 542 g/mol. The Kier molecular flexibility index (Phi) is 7.79. The van der Waals surface area contributed by atoms with E-state index in [2.05, 4.69) is 9.97 Å². The summed E-state index contributed by atoms with van der Waals surface area (Å²) in [6.07, 6.45) is 2.71. The summed E-state index contributed by atoms with van der Waals surface area (Å²) in [5.41, 5.74) is 3.22. The van der Waals surface area contributed by atoms with Gasteiger partial charge in [-0.3, -0.25) is 0 Å². The first-order valence-electron chi connectivity index (χ1n) is 11.8. The Morgan fingerprint density at radius 1 is 1.13 bits per heavy atom. The lowest BCUT2D eigenvalue weighted by Crippen LogP contribution is -2.28. The number of aromatic nitrogens is 2. The number of fused-ring (bicyclic) bond motifs is 1. The molecule has 9 nitrogen and oxygen atoms in total. The Balaban J connectivity index is 1.69. The van der Waals surface area contributed by atoms with Gasteiger partial charge in [-0.2, -0.15) is 0 Å². The van der Waals surface area contributed by atoms with Gasteiger partial charge >= 0.3 is 5.97 Å². The SMILES string of the molecule is COc1cccc2c1/C(=C/COCc1c(-c3ccc(F)cc3)nc(N(C)S(C)(=O)=O)nc1C(C)C)OC2=O. The fourth-order valence-corrected chi connectivity index (χ4v) is 4.39. The first kappa shape index (κ1) is 27.2. The smallest absolute Gasteiger partial charge is 0.344 e. The maximum Gasteiger partial charge on any atom is 0.344 e. The number of hydrogen-bond donors (Lipinski definition) is 0. The molecule has 0 fully saturated rings. The summed E-state index contributed by atoms with van der Waals surface area (Å²) in [7, 11) is -0.733. The number of methoxy groups -OCH3 is 1. The Morgan fingerprint density at radius 2 is 1.84 bits per heavy atom. The molecule has 0 saturated carbocycles. The molecule has 11 heteroatoms. The minimum absolute atomic E-state index is 0.00274. The monoisotopic (exact) mass is 541 g/mol. The zero-order chi connectivity index (χ0) is 27.6. The second-order valence-electron chi connectivity index (χ2n) is 8.98. The standard InChI is InChI=1S/C27H28FN3O6S/c1-16(2)24-20(15-36-14-13-22-23-19(26(32)37-22)7-6-8-21(23)35-4)25(17-9-11-18(28)12-10-17)30-27(29-24)31(3)38(5,33)34/h6-13,16H,14-15H2,1-5H3/b22-13-. The van der Waals surface area contributed by atoms with E-state index in [1.807, 2.05) is 13.8 Å². The number of sulfonamides is 1. The summed E-state index contributed by atoms with van der Waals surface area (Å²) < 4.78 is 55.8. The Morgan fingerprint density at radius 3 is 2.47 bits per heavy atom. The van der Waals surface area contributed by atoms with Gasteiger partial charge in [-0.25, -0.2) is 31.9 Å². The molecule has 0 aliphatic carbocycles. The molecular weight excluding hydrogens is 513 g/mol. The predicted octanol–water partition coefficient (Wildman–Crippen LogP) is 4.54. The minimum Gasteiger partial charge on any atom is -0.496 e. The van der Waals surface area contributed by atoms with Crippen LogP contribution in [-0.2, 0) is 26.1 Å². The summed E-state index contributed by atoms with van der Waals surface area (Å²) in [4.78, 5) is 21.3. The number of carbonyl (C=O) groups is 1. The molecule has 0 spiro atoms. The topological polar surface area (TPSA) is 108 Å². The van der Waals surface area contributed by atoms with Crippen LogP contribution in [0.1, 0.15) is 46.9 Å². The lowest BCUT2D eigenvalue weighted by atomic mass is 9.99. The van der Waals surface area contributed by atoms with Crippen LogP contribution in [0.2, 0.25) is 0 Å². The van der Waals surface area contributed by atoms with Crippen molar-refractivity contribution in [2.75, 3.05) is 31.3 Å². The molecule has 1 aliphatic heterocycles. The highest BCUT2D eigenvalue weighted by atomic mass is 32.2. The Labute approximate surface area is 220 Å². The largest absolute Gasteiger partial charge is 0.496 e. The van der Waals surface area contributed by atoms with Crippen LogP contribution in [-0.4, -0.2) is 51.4 Å². The number of halogens is 1. The van der Waals surface area contributed by atoms with Gasteiger partial charge < -0.3 is 14.2 Å². The first-order chi connectivity index (χ1) is 18.0. The zero-order valence-corrected chi connectivity index (χ0v) is 22.5. The van der Waals surface area contributed by atoms with Gasteiger partial charge in [0, 0.05) is 18.2 Å². The first-order valence-corrected chi connectivity index (χ1v) is 13.6. The zero-order valence-electron chi connectivity index (χ0n) is 21.7. The Hall–Kier alpha value is -3.83. The lowest BCUT2D eigenvalue weighted by Gasteiger charge is -2.21. The molecular formula is C27H28FN3O6S. The van der Waals surface area contributed by atoms with Crippen molar-refractivity contribution in [3.05, 3.63) is 76.7 Å². The number of hydrogen-bond acceptors (Lipinski definition) is 8. The van der Waals surface area contributed by atoms with E-state index in [9.17, 15) is 17.6 Å². The van der Waals surface area contributed by atoms with E-state index in [-0.39, 0.29) is 25.1 Å². The molecule has 38 heavy (non-hydrogen) atoms. The molecule has 0 N–H and O–H groups in total. The number of rotatable bonds is 9. The molecule has 0 amide bonds. The van der Waals surface area contributed by atoms with E-state index in [1.165, 1.54) is 26.3 Å². The molecule has 0 bridgehead atoms. The van der Waals surface area contributed by atoms with Crippen LogP contribution in [0.3, 0.4) is 0 Å². The van der Waals surface area contributed by atoms with Crippen molar-refractivity contribution in [3.63, 3.8) is 0 Å². The van der Waals surface area contributed by atoms with Crippen LogP contribution >= 0.6 is 0 Å². The van der Waals surface area contributed by atoms with Crippen LogP contribution in [0, 0.1) is 5.82 Å². The molecule has 2 heterocycles. The maximum atomic E-state index is 13.7. The van der Waals surface area contributed by atoms with Crippen molar-refractivity contribution in [1.29, 1.82) is 0 Å². The van der Waals surface area contributed by atoms with Crippen molar-refractivity contribution < 1.29 is 31.8 Å². The molecule has 3 aromatic rings. The third kappa shape index (κ3) is 5.53. The summed E-state index contributed by atoms with van der Waals surface area (Å²) in [5.74, 6) is -0.127. The number of anilines is 1. The van der Waals surface area contributed by atoms with Crippen molar-refractivity contribution in [3.8, 4) is 17.0 Å². The van der Waals surface area contributed by atoms with Crippen molar-refractivity contribution in [1.82, 2.24) is 9.97 Å². The van der Waals surface area contributed by atoms with Gasteiger partial charge in [0.15, 0.2) is 0 Å². The fraction of sp³-hybridized carbons (Fsp3) is 0.296. The van der Waals surface area contributed by atoms with Crippen molar-refractivity contribution in [2.24, 2.45) is 0 Å². The number of carbonyl (C=O) groups excluding carboxylic acids is 1. The summed E-state index contributed by atoms with van der Waals surface area (Å²) in [6, 6.07) is 10.9. The number of cyclic esters (lactones) is 1. The van der Waals surface area contributed by atoms with Gasteiger partial charge in [-0.15, -0.1) is 0 Å². The van der Waals surface area contributed by atoms with E-state index < -0.39 is 21.8 Å². The molecule has 2 aromatic carbocycles. The average Bonchev–Trinajstić information content (AvgIpc) is 3.21. The molecule has 0 saturated heterocycles. The van der Waals surface area contributed by atoms with E-state index in [0.29, 0.717) is 45.2 Å². The van der Waals surface area contributed by atoms with Crippen LogP contribution in [0.15, 0.2) is 48.5 Å². The number of benzene rings is 2. The van der Waals surface area contributed by atoms with Gasteiger partial charge in [-0.05, 0) is 48.4 Å². The quantitative estimate of drug-likeness (QED) is 0.287. The summed E-state index contributed by atoms with van der Waals surface area (Å²) in [5, 5.41) is 0. The van der Waals surface area contributed by atoms with Crippen LogP contribution < -0.4 is 9.04 Å². The van der Waals surface area contributed by atoms with Gasteiger partial charge in [0.05, 0.1) is 49.1 Å². The summed E-state index contributed by atoms with van der Waals surface area (Å²) >= 11 is 0.